The van der Waals surface area contributed by atoms with Gasteiger partial charge in [0.05, 0.1) is 25.5 Å². The first-order valence-electron chi connectivity index (χ1n) is 8.06. The van der Waals surface area contributed by atoms with Crippen molar-refractivity contribution in [3.05, 3.63) is 52.5 Å². The monoisotopic (exact) mass is 363 g/mol. The summed E-state index contributed by atoms with van der Waals surface area (Å²) in [5, 5.41) is 5.44. The van der Waals surface area contributed by atoms with Gasteiger partial charge in [-0.2, -0.15) is 0 Å². The Hall–Kier alpha value is -2.24. The van der Waals surface area contributed by atoms with E-state index in [2.05, 4.69) is 5.32 Å². The molecule has 0 saturated carbocycles. The van der Waals surface area contributed by atoms with Crippen LogP contribution in [0.15, 0.2) is 36.4 Å². The number of hydrogen-bond donors (Lipinski definition) is 2. The molecule has 1 atom stereocenters. The third-order valence-corrected chi connectivity index (χ3v) is 4.45. The zero-order chi connectivity index (χ0) is 18.4. The fourth-order valence-corrected chi connectivity index (χ4v) is 2.74. The summed E-state index contributed by atoms with van der Waals surface area (Å²) in [6, 6.07) is 11.4. The van der Waals surface area contributed by atoms with Crippen molar-refractivity contribution in [1.29, 1.82) is 0 Å². The summed E-state index contributed by atoms with van der Waals surface area (Å²) in [6.07, 6.45) is 0. The van der Waals surface area contributed by atoms with Gasteiger partial charge >= 0.3 is 0 Å². The van der Waals surface area contributed by atoms with Crippen LogP contribution in [0.1, 0.15) is 24.1 Å². The number of ether oxygens (including phenoxy) is 2. The van der Waals surface area contributed by atoms with Gasteiger partial charge in [0.1, 0.15) is 17.5 Å². The highest BCUT2D eigenvalue weighted by Crippen LogP contribution is 2.30. The molecule has 1 amide bonds. The van der Waals surface area contributed by atoms with E-state index < -0.39 is 0 Å². The fourth-order valence-electron chi connectivity index (χ4n) is 2.58. The predicted octanol–water partition coefficient (Wildman–Crippen LogP) is 2.93. The lowest BCUT2D eigenvalue weighted by Gasteiger charge is -2.15. The number of amides is 1. The van der Waals surface area contributed by atoms with Crippen molar-refractivity contribution >= 4 is 23.2 Å². The van der Waals surface area contributed by atoms with Gasteiger partial charge < -0.3 is 20.1 Å². The van der Waals surface area contributed by atoms with E-state index in [4.69, 9.17) is 21.1 Å². The molecule has 25 heavy (non-hydrogen) atoms. The summed E-state index contributed by atoms with van der Waals surface area (Å²) >= 11 is 6.09. The molecule has 2 rings (SSSR count). The number of halogens is 1. The van der Waals surface area contributed by atoms with Crippen LogP contribution in [0.2, 0.25) is 5.02 Å². The molecule has 0 unspecified atom stereocenters. The number of para-hydroxylation sites is 1. The molecule has 0 heterocycles. The smallest absolute Gasteiger partial charge is 0.279 e. The van der Waals surface area contributed by atoms with E-state index in [-0.39, 0.29) is 18.5 Å². The molecule has 0 spiro atoms. The molecule has 2 aromatic carbocycles. The average molecular weight is 364 g/mol. The van der Waals surface area contributed by atoms with Gasteiger partial charge in [-0.05, 0) is 37.6 Å². The van der Waals surface area contributed by atoms with E-state index in [0.29, 0.717) is 16.5 Å². The molecule has 2 aromatic rings. The van der Waals surface area contributed by atoms with Gasteiger partial charge in [-0.15, -0.1) is 0 Å². The van der Waals surface area contributed by atoms with Crippen LogP contribution < -0.4 is 20.1 Å². The van der Waals surface area contributed by atoms with Gasteiger partial charge in [-0.1, -0.05) is 23.7 Å². The highest BCUT2D eigenvalue weighted by atomic mass is 35.5. The zero-order valence-corrected chi connectivity index (χ0v) is 15.7. The van der Waals surface area contributed by atoms with Gasteiger partial charge in [-0.3, -0.25) is 4.79 Å². The summed E-state index contributed by atoms with van der Waals surface area (Å²) < 4.78 is 10.7. The Morgan fingerprint density at radius 1 is 1.20 bits per heavy atom. The quantitative estimate of drug-likeness (QED) is 0.795. The molecule has 0 saturated heterocycles. The molecule has 5 nitrogen and oxygen atoms in total. The Morgan fingerprint density at radius 3 is 2.56 bits per heavy atom. The molecule has 0 bridgehead atoms. The second-order valence-electron chi connectivity index (χ2n) is 5.82. The molecule has 0 aliphatic heterocycles. The average Bonchev–Trinajstić information content (AvgIpc) is 2.62. The van der Waals surface area contributed by atoms with Gasteiger partial charge in [0.25, 0.3) is 5.91 Å². The fraction of sp³-hybridized carbons (Fsp3) is 0.316. The first kappa shape index (κ1) is 19.1. The number of nitrogens with one attached hydrogen (secondary N) is 1. The van der Waals surface area contributed by atoms with Crippen molar-refractivity contribution < 1.29 is 19.6 Å². The molecule has 0 aliphatic carbocycles. The van der Waals surface area contributed by atoms with Gasteiger partial charge in [0.2, 0.25) is 0 Å². The van der Waals surface area contributed by atoms with Crippen LogP contribution in [0.4, 0.5) is 5.69 Å². The topological polar surface area (TPSA) is 64.2 Å². The highest BCUT2D eigenvalue weighted by molar-refractivity contribution is 6.31. The number of carbonyl (C=O) groups is 1. The first-order valence-corrected chi connectivity index (χ1v) is 8.44. The van der Waals surface area contributed by atoms with Crippen molar-refractivity contribution in [3.63, 3.8) is 0 Å². The molecule has 0 radical (unpaired) electrons. The van der Waals surface area contributed by atoms with Crippen LogP contribution in [-0.2, 0) is 4.79 Å². The molecule has 0 aliphatic rings. The number of benzene rings is 2. The summed E-state index contributed by atoms with van der Waals surface area (Å²) in [4.78, 5) is 12.3. The van der Waals surface area contributed by atoms with Crippen molar-refractivity contribution in [1.82, 2.24) is 0 Å². The molecule has 134 valence electrons. The van der Waals surface area contributed by atoms with Crippen molar-refractivity contribution in [3.8, 4) is 11.5 Å². The number of nitrogens with two attached hydrogens (primary N) is 1. The van der Waals surface area contributed by atoms with E-state index in [1.807, 2.05) is 49.5 Å². The highest BCUT2D eigenvalue weighted by Gasteiger charge is 2.16. The summed E-state index contributed by atoms with van der Waals surface area (Å²) in [7, 11) is 3.19. The van der Waals surface area contributed by atoms with E-state index in [1.165, 1.54) is 0 Å². The lowest BCUT2D eigenvalue weighted by Crippen LogP contribution is -2.86. The molecule has 6 heteroatoms. The van der Waals surface area contributed by atoms with E-state index >= 15 is 0 Å². The Morgan fingerprint density at radius 2 is 1.88 bits per heavy atom. The van der Waals surface area contributed by atoms with E-state index in [9.17, 15) is 4.79 Å². The third-order valence-electron chi connectivity index (χ3n) is 4.04. The number of anilines is 1. The maximum Gasteiger partial charge on any atom is 0.279 e. The lowest BCUT2D eigenvalue weighted by atomic mass is 10.1. The number of hydrogen-bond acceptors (Lipinski definition) is 3. The van der Waals surface area contributed by atoms with Crippen LogP contribution in [0, 0.1) is 6.92 Å². The SMILES string of the molecule is COc1cc(Cl)c(C)cc1NC(=O)C[NH2+][C@H](C)c1ccccc1OC. The minimum absolute atomic E-state index is 0.0933. The second-order valence-corrected chi connectivity index (χ2v) is 6.23. The minimum atomic E-state index is -0.109. The normalized spacial score (nSPS) is 11.7. The lowest BCUT2D eigenvalue weighted by molar-refractivity contribution is -0.682. The number of rotatable bonds is 7. The van der Waals surface area contributed by atoms with Crippen LogP contribution in [0.25, 0.3) is 0 Å². The van der Waals surface area contributed by atoms with Crippen LogP contribution in [0.3, 0.4) is 0 Å². The van der Waals surface area contributed by atoms with Crippen LogP contribution in [-0.4, -0.2) is 26.7 Å². The van der Waals surface area contributed by atoms with Crippen LogP contribution >= 0.6 is 11.6 Å². The number of quaternary nitrogens is 1. The first-order chi connectivity index (χ1) is 12.0. The summed E-state index contributed by atoms with van der Waals surface area (Å²) in [5.41, 5.74) is 2.55. The van der Waals surface area contributed by atoms with Crippen molar-refractivity contribution in [2.24, 2.45) is 0 Å². The Kier molecular flexibility index (Phi) is 6.67. The molecular formula is C19H24ClN2O3+. The largest absolute Gasteiger partial charge is 0.496 e. The van der Waals surface area contributed by atoms with Crippen LogP contribution in [0.5, 0.6) is 11.5 Å². The maximum absolute atomic E-state index is 12.3. The predicted molar refractivity (Wildman–Crippen MR) is 99.6 cm³/mol. The number of methoxy groups -OCH3 is 2. The molecule has 0 fully saturated rings. The Bertz CT molecular complexity index is 749. The zero-order valence-electron chi connectivity index (χ0n) is 14.9. The Balaban J connectivity index is 2.00. The second kappa shape index (κ2) is 8.74. The summed E-state index contributed by atoms with van der Waals surface area (Å²) in [5.74, 6) is 1.25. The van der Waals surface area contributed by atoms with E-state index in [1.54, 1.807) is 20.3 Å². The van der Waals surface area contributed by atoms with Gasteiger partial charge in [0.15, 0.2) is 6.54 Å². The maximum atomic E-state index is 12.3. The summed E-state index contributed by atoms with van der Waals surface area (Å²) in [6.45, 7) is 4.20. The standard InChI is InChI=1S/C19H23ClN2O3/c1-12-9-16(18(25-4)10-15(12)20)22-19(23)11-21-13(2)14-7-5-6-8-17(14)24-3/h5-10,13,21H,11H2,1-4H3,(H,22,23)/p+1/t13-/m1/s1. The number of carbonyl (C=O) groups excluding carboxylic acids is 1. The molecule has 3 N–H and O–H groups in total. The van der Waals surface area contributed by atoms with Gasteiger partial charge in [0, 0.05) is 11.1 Å². The number of aryl methyl sites for hydroxylation is 1. The van der Waals surface area contributed by atoms with Gasteiger partial charge in [-0.25, -0.2) is 0 Å². The third kappa shape index (κ3) is 4.87. The van der Waals surface area contributed by atoms with E-state index in [0.717, 1.165) is 16.9 Å². The molecular weight excluding hydrogens is 340 g/mol. The van der Waals surface area contributed by atoms with Crippen molar-refractivity contribution in [2.45, 2.75) is 19.9 Å². The van der Waals surface area contributed by atoms with Crippen molar-refractivity contribution in [2.75, 3.05) is 26.1 Å². The minimum Gasteiger partial charge on any atom is -0.496 e. The molecule has 0 aromatic heterocycles. The Labute approximate surface area is 153 Å².